The summed E-state index contributed by atoms with van der Waals surface area (Å²) in [6, 6.07) is 20.6. The van der Waals surface area contributed by atoms with Gasteiger partial charge in [0, 0.05) is 23.1 Å². The van der Waals surface area contributed by atoms with Crippen molar-refractivity contribution in [3.8, 4) is 33.9 Å². The van der Waals surface area contributed by atoms with Crippen LogP contribution in [0.1, 0.15) is 41.6 Å². The zero-order valence-corrected chi connectivity index (χ0v) is 19.4. The Morgan fingerprint density at radius 1 is 1.03 bits per heavy atom. The van der Waals surface area contributed by atoms with Crippen molar-refractivity contribution in [1.82, 2.24) is 4.98 Å². The zero-order valence-electron chi connectivity index (χ0n) is 19.4. The zero-order chi connectivity index (χ0) is 23.8. The summed E-state index contributed by atoms with van der Waals surface area (Å²) in [5, 5.41) is 0. The molecule has 176 valence electrons. The SMILES string of the molecule is COC(=O)C[C@@H]1COc2cc(O[C@@H]3CCc4c(-c5ccccc5-c5cocn5)cccc43)ccc21. The molecule has 0 fully saturated rings. The average Bonchev–Trinajstić information content (AvgIpc) is 3.65. The van der Waals surface area contributed by atoms with E-state index in [-0.39, 0.29) is 18.0 Å². The quantitative estimate of drug-likeness (QED) is 0.319. The molecule has 6 nitrogen and oxygen atoms in total. The van der Waals surface area contributed by atoms with Crippen molar-refractivity contribution in [2.24, 2.45) is 0 Å². The first kappa shape index (κ1) is 21.5. The molecule has 35 heavy (non-hydrogen) atoms. The first-order valence-electron chi connectivity index (χ1n) is 11.8. The molecule has 0 saturated heterocycles. The first-order valence-corrected chi connectivity index (χ1v) is 11.8. The Morgan fingerprint density at radius 2 is 1.89 bits per heavy atom. The molecule has 3 aromatic carbocycles. The van der Waals surface area contributed by atoms with Crippen LogP contribution in [0.15, 0.2) is 77.7 Å². The van der Waals surface area contributed by atoms with E-state index in [0.29, 0.717) is 13.0 Å². The second-order valence-electron chi connectivity index (χ2n) is 8.93. The van der Waals surface area contributed by atoms with Gasteiger partial charge in [0.05, 0.1) is 20.1 Å². The predicted molar refractivity (Wildman–Crippen MR) is 130 cm³/mol. The van der Waals surface area contributed by atoms with Crippen molar-refractivity contribution in [2.75, 3.05) is 13.7 Å². The van der Waals surface area contributed by atoms with Crippen molar-refractivity contribution >= 4 is 5.97 Å². The van der Waals surface area contributed by atoms with Crippen molar-refractivity contribution < 1.29 is 23.4 Å². The van der Waals surface area contributed by atoms with Gasteiger partial charge in [-0.25, -0.2) is 4.98 Å². The van der Waals surface area contributed by atoms with E-state index in [9.17, 15) is 4.79 Å². The van der Waals surface area contributed by atoms with Crippen LogP contribution in [-0.2, 0) is 16.0 Å². The molecule has 6 rings (SSSR count). The molecule has 0 radical (unpaired) electrons. The summed E-state index contributed by atoms with van der Waals surface area (Å²) in [6.45, 7) is 0.481. The highest BCUT2D eigenvalue weighted by Gasteiger charge is 2.30. The standard InChI is InChI=1S/C29H25NO5/c1-32-29(31)13-18-15-34-28-14-19(9-10-20(18)28)35-27-12-11-23-21(7-4-8-25(23)27)22-5-2-3-6-24(22)26-16-33-17-30-26/h2-10,14,16-18,27H,11-13,15H2,1H3/t18-,27-/m1/s1. The van der Waals surface area contributed by atoms with Crippen LogP contribution in [0.4, 0.5) is 0 Å². The largest absolute Gasteiger partial charge is 0.492 e. The number of rotatable bonds is 6. The minimum Gasteiger partial charge on any atom is -0.492 e. The van der Waals surface area contributed by atoms with Crippen LogP contribution in [0.25, 0.3) is 22.4 Å². The Bertz CT molecular complexity index is 1380. The summed E-state index contributed by atoms with van der Waals surface area (Å²) in [5.74, 6) is 1.35. The number of aromatic nitrogens is 1. The number of nitrogens with zero attached hydrogens (tertiary/aromatic N) is 1. The predicted octanol–water partition coefficient (Wildman–Crippen LogP) is 6.11. The molecule has 0 amide bonds. The smallest absolute Gasteiger partial charge is 0.306 e. The summed E-state index contributed by atoms with van der Waals surface area (Å²) >= 11 is 0. The summed E-state index contributed by atoms with van der Waals surface area (Å²) in [4.78, 5) is 16.1. The molecule has 1 aromatic heterocycles. The minimum absolute atomic E-state index is 0.0195. The molecule has 2 aliphatic rings. The van der Waals surface area contributed by atoms with Gasteiger partial charge in [-0.3, -0.25) is 4.79 Å². The molecule has 2 atom stereocenters. The van der Waals surface area contributed by atoms with Gasteiger partial charge < -0.3 is 18.6 Å². The Morgan fingerprint density at radius 3 is 2.71 bits per heavy atom. The fraction of sp³-hybridized carbons (Fsp3) is 0.241. The molecule has 0 saturated carbocycles. The van der Waals surface area contributed by atoms with Crippen LogP contribution >= 0.6 is 0 Å². The lowest BCUT2D eigenvalue weighted by atomic mass is 9.92. The van der Waals surface area contributed by atoms with E-state index in [1.165, 1.54) is 30.2 Å². The Kier molecular flexibility index (Phi) is 5.49. The molecule has 0 unspecified atom stereocenters. The maximum absolute atomic E-state index is 11.7. The van der Waals surface area contributed by atoms with Crippen LogP contribution in [0.5, 0.6) is 11.5 Å². The Labute approximate surface area is 203 Å². The van der Waals surface area contributed by atoms with E-state index in [4.69, 9.17) is 18.6 Å². The monoisotopic (exact) mass is 467 g/mol. The number of hydrogen-bond acceptors (Lipinski definition) is 6. The van der Waals surface area contributed by atoms with Gasteiger partial charge in [-0.1, -0.05) is 48.5 Å². The lowest BCUT2D eigenvalue weighted by molar-refractivity contribution is -0.141. The van der Waals surface area contributed by atoms with E-state index in [1.807, 2.05) is 24.3 Å². The lowest BCUT2D eigenvalue weighted by Crippen LogP contribution is -2.09. The summed E-state index contributed by atoms with van der Waals surface area (Å²) in [7, 11) is 1.41. The molecular formula is C29H25NO5. The van der Waals surface area contributed by atoms with Crippen molar-refractivity contribution in [1.29, 1.82) is 0 Å². The van der Waals surface area contributed by atoms with Gasteiger partial charge in [0.25, 0.3) is 0 Å². The highest BCUT2D eigenvalue weighted by molar-refractivity contribution is 5.84. The van der Waals surface area contributed by atoms with Crippen LogP contribution in [0.3, 0.4) is 0 Å². The fourth-order valence-electron chi connectivity index (χ4n) is 5.23. The third kappa shape index (κ3) is 3.95. The topological polar surface area (TPSA) is 70.8 Å². The third-order valence-corrected chi connectivity index (χ3v) is 6.93. The summed E-state index contributed by atoms with van der Waals surface area (Å²) < 4.78 is 22.4. The van der Waals surface area contributed by atoms with Crippen LogP contribution in [0.2, 0.25) is 0 Å². The maximum Gasteiger partial charge on any atom is 0.306 e. The van der Waals surface area contributed by atoms with Gasteiger partial charge >= 0.3 is 5.97 Å². The molecule has 0 bridgehead atoms. The molecule has 2 heterocycles. The molecule has 0 N–H and O–H groups in total. The number of ether oxygens (including phenoxy) is 3. The van der Waals surface area contributed by atoms with Gasteiger partial charge in [-0.15, -0.1) is 0 Å². The van der Waals surface area contributed by atoms with Gasteiger partial charge in [-0.2, -0.15) is 0 Å². The maximum atomic E-state index is 11.7. The van der Waals surface area contributed by atoms with E-state index in [1.54, 1.807) is 6.26 Å². The normalized spacial score (nSPS) is 18.0. The number of carbonyl (C=O) groups is 1. The van der Waals surface area contributed by atoms with Crippen molar-refractivity contribution in [3.63, 3.8) is 0 Å². The second kappa shape index (κ2) is 8.95. The number of benzene rings is 3. The van der Waals surface area contributed by atoms with Gasteiger partial charge in [-0.05, 0) is 41.2 Å². The minimum atomic E-state index is -0.227. The number of carbonyl (C=O) groups excluding carboxylic acids is 1. The van der Waals surface area contributed by atoms with Crippen LogP contribution in [-0.4, -0.2) is 24.7 Å². The Balaban J connectivity index is 1.27. The van der Waals surface area contributed by atoms with Crippen molar-refractivity contribution in [3.05, 3.63) is 90.0 Å². The van der Waals surface area contributed by atoms with Gasteiger partial charge in [0.1, 0.15) is 29.6 Å². The molecule has 6 heteroatoms. The molecule has 1 aliphatic heterocycles. The average molecular weight is 468 g/mol. The number of fused-ring (bicyclic) bond motifs is 2. The van der Waals surface area contributed by atoms with Gasteiger partial charge in [0.2, 0.25) is 0 Å². The number of hydrogen-bond donors (Lipinski definition) is 0. The highest BCUT2D eigenvalue weighted by atomic mass is 16.5. The van der Waals surface area contributed by atoms with E-state index >= 15 is 0 Å². The Hall–Kier alpha value is -4.06. The summed E-state index contributed by atoms with van der Waals surface area (Å²) in [6.07, 6.45) is 5.27. The third-order valence-electron chi connectivity index (χ3n) is 6.93. The number of esters is 1. The molecule has 0 spiro atoms. The van der Waals surface area contributed by atoms with Crippen LogP contribution < -0.4 is 9.47 Å². The molecule has 1 aliphatic carbocycles. The fourth-order valence-corrected chi connectivity index (χ4v) is 5.23. The van der Waals surface area contributed by atoms with Crippen LogP contribution in [0, 0.1) is 0 Å². The molecule has 4 aromatic rings. The van der Waals surface area contributed by atoms with Gasteiger partial charge in [0.15, 0.2) is 6.39 Å². The molecular weight excluding hydrogens is 442 g/mol. The summed E-state index contributed by atoms with van der Waals surface area (Å²) in [5.41, 5.74) is 7.77. The van der Waals surface area contributed by atoms with Crippen molar-refractivity contribution in [2.45, 2.75) is 31.3 Å². The lowest BCUT2D eigenvalue weighted by Gasteiger charge is -2.17. The van der Waals surface area contributed by atoms with E-state index in [2.05, 4.69) is 41.4 Å². The van der Waals surface area contributed by atoms with E-state index < -0.39 is 0 Å². The van der Waals surface area contributed by atoms with E-state index in [0.717, 1.165) is 46.7 Å². The second-order valence-corrected chi connectivity index (χ2v) is 8.93. The number of methoxy groups -OCH3 is 1. The highest BCUT2D eigenvalue weighted by Crippen LogP contribution is 2.44. The number of oxazole rings is 1. The first-order chi connectivity index (χ1) is 17.2.